The summed E-state index contributed by atoms with van der Waals surface area (Å²) >= 11 is 0. The van der Waals surface area contributed by atoms with Crippen LogP contribution in [0.5, 0.6) is 0 Å². The number of nitrogens with two attached hydrogens (primary N) is 1. The third-order valence-corrected chi connectivity index (χ3v) is 4.30. The van der Waals surface area contributed by atoms with Crippen molar-refractivity contribution in [3.8, 4) is 11.4 Å². The molecule has 0 radical (unpaired) electrons. The number of nitrogens with one attached hydrogen (secondary N) is 1. The smallest absolute Gasteiger partial charge is 0.246 e. The molecule has 1 aliphatic rings. The molecule has 1 heterocycles. The van der Waals surface area contributed by atoms with Crippen LogP contribution in [0, 0.1) is 0 Å². The summed E-state index contributed by atoms with van der Waals surface area (Å²) in [7, 11) is 0. The van der Waals surface area contributed by atoms with E-state index in [9.17, 15) is 4.79 Å². The van der Waals surface area contributed by atoms with Crippen molar-refractivity contribution in [2.24, 2.45) is 5.73 Å². The molecule has 1 atom stereocenters. The monoisotopic (exact) mass is 350 g/mol. The fraction of sp³-hybridized carbons (Fsp3) is 0.500. The van der Waals surface area contributed by atoms with Crippen LogP contribution in [0.3, 0.4) is 0 Å². The highest BCUT2D eigenvalue weighted by Gasteiger charge is 2.24. The Bertz CT molecular complexity index is 654. The number of carbonyl (C=O) groups excluding carboxylic acids is 1. The molecular weight excluding hydrogens is 328 g/mol. The molecule has 1 aliphatic carbocycles. The SMILES string of the molecule is CC(C(=O)NC1CCC(N)CC1)n1nnc(-c2ccccc2)n1.Cl. The summed E-state index contributed by atoms with van der Waals surface area (Å²) in [5.41, 5.74) is 6.77. The van der Waals surface area contributed by atoms with Gasteiger partial charge in [0.25, 0.3) is 0 Å². The quantitative estimate of drug-likeness (QED) is 0.874. The number of amides is 1. The molecule has 0 saturated heterocycles. The number of aromatic nitrogens is 4. The van der Waals surface area contributed by atoms with Crippen LogP contribution in [0.25, 0.3) is 11.4 Å². The van der Waals surface area contributed by atoms with Gasteiger partial charge in [-0.25, -0.2) is 0 Å². The van der Waals surface area contributed by atoms with Gasteiger partial charge in [-0.1, -0.05) is 30.3 Å². The minimum absolute atomic E-state index is 0. The standard InChI is InChI=1S/C16H22N6O.ClH/c1-11(16(23)18-14-9-7-13(17)8-10-14)22-20-15(19-21-22)12-5-3-2-4-6-12;/h2-6,11,13-14H,7-10,17H2,1H3,(H,18,23);1H. The van der Waals surface area contributed by atoms with Gasteiger partial charge in [0.15, 0.2) is 0 Å². The number of hydrogen-bond donors (Lipinski definition) is 2. The van der Waals surface area contributed by atoms with Crippen molar-refractivity contribution >= 4 is 18.3 Å². The Morgan fingerprint density at radius 1 is 1.25 bits per heavy atom. The van der Waals surface area contributed by atoms with E-state index in [1.165, 1.54) is 4.80 Å². The van der Waals surface area contributed by atoms with Gasteiger partial charge in [0.1, 0.15) is 6.04 Å². The zero-order valence-corrected chi connectivity index (χ0v) is 14.4. The molecule has 7 nitrogen and oxygen atoms in total. The lowest BCUT2D eigenvalue weighted by Crippen LogP contribution is -2.43. The first-order valence-corrected chi connectivity index (χ1v) is 8.04. The topological polar surface area (TPSA) is 98.7 Å². The molecule has 1 fully saturated rings. The summed E-state index contributed by atoms with van der Waals surface area (Å²) in [5, 5.41) is 15.4. The highest BCUT2D eigenvalue weighted by Crippen LogP contribution is 2.18. The van der Waals surface area contributed by atoms with Gasteiger partial charge in [0.2, 0.25) is 11.7 Å². The molecule has 0 spiro atoms. The molecule has 2 aromatic rings. The molecule has 1 unspecified atom stereocenters. The normalized spacial score (nSPS) is 21.6. The van der Waals surface area contributed by atoms with Gasteiger partial charge in [-0.2, -0.15) is 4.80 Å². The largest absolute Gasteiger partial charge is 0.351 e. The second-order valence-corrected chi connectivity index (χ2v) is 6.10. The van der Waals surface area contributed by atoms with Crippen LogP contribution >= 0.6 is 12.4 Å². The highest BCUT2D eigenvalue weighted by atomic mass is 35.5. The lowest BCUT2D eigenvalue weighted by molar-refractivity contribution is -0.125. The summed E-state index contributed by atoms with van der Waals surface area (Å²) < 4.78 is 0. The van der Waals surface area contributed by atoms with Crippen molar-refractivity contribution in [2.45, 2.75) is 50.7 Å². The predicted octanol–water partition coefficient (Wildman–Crippen LogP) is 1.71. The number of halogens is 1. The second-order valence-electron chi connectivity index (χ2n) is 6.10. The minimum Gasteiger partial charge on any atom is -0.351 e. The van der Waals surface area contributed by atoms with E-state index in [4.69, 9.17) is 5.73 Å². The van der Waals surface area contributed by atoms with Gasteiger partial charge >= 0.3 is 0 Å². The van der Waals surface area contributed by atoms with Crippen LogP contribution < -0.4 is 11.1 Å². The Kier molecular flexibility index (Phi) is 6.28. The predicted molar refractivity (Wildman–Crippen MR) is 93.6 cm³/mol. The van der Waals surface area contributed by atoms with Crippen molar-refractivity contribution in [2.75, 3.05) is 0 Å². The van der Waals surface area contributed by atoms with Gasteiger partial charge in [-0.05, 0) is 37.8 Å². The Labute approximate surface area is 147 Å². The van der Waals surface area contributed by atoms with Crippen LogP contribution in [0.2, 0.25) is 0 Å². The Balaban J connectivity index is 0.00000208. The molecule has 1 amide bonds. The van der Waals surface area contributed by atoms with Gasteiger partial charge in [0, 0.05) is 17.6 Å². The fourth-order valence-electron chi connectivity index (χ4n) is 2.78. The average Bonchev–Trinajstić information content (AvgIpc) is 3.07. The first-order valence-electron chi connectivity index (χ1n) is 8.04. The molecule has 3 rings (SSSR count). The molecule has 1 aromatic carbocycles. The van der Waals surface area contributed by atoms with Gasteiger partial charge < -0.3 is 11.1 Å². The second kappa shape index (κ2) is 8.21. The number of benzene rings is 1. The maximum Gasteiger partial charge on any atom is 0.246 e. The maximum atomic E-state index is 12.4. The summed E-state index contributed by atoms with van der Waals surface area (Å²) in [5.74, 6) is 0.441. The maximum absolute atomic E-state index is 12.4. The van der Waals surface area contributed by atoms with Crippen molar-refractivity contribution < 1.29 is 4.79 Å². The van der Waals surface area contributed by atoms with Crippen LogP contribution in [-0.2, 0) is 4.79 Å². The average molecular weight is 351 g/mol. The zero-order chi connectivity index (χ0) is 16.2. The molecule has 0 aliphatic heterocycles. The lowest BCUT2D eigenvalue weighted by Gasteiger charge is -2.27. The first kappa shape index (κ1) is 18.4. The van der Waals surface area contributed by atoms with Gasteiger partial charge in [-0.15, -0.1) is 22.6 Å². The Hall–Kier alpha value is -1.99. The molecule has 0 bridgehead atoms. The van der Waals surface area contributed by atoms with E-state index < -0.39 is 6.04 Å². The zero-order valence-electron chi connectivity index (χ0n) is 13.6. The van der Waals surface area contributed by atoms with E-state index in [-0.39, 0.29) is 30.4 Å². The molecular formula is C16H23ClN6O. The molecule has 1 aromatic heterocycles. The van der Waals surface area contributed by atoms with Gasteiger partial charge in [-0.3, -0.25) is 4.79 Å². The summed E-state index contributed by atoms with van der Waals surface area (Å²) in [6.07, 6.45) is 3.78. The lowest BCUT2D eigenvalue weighted by atomic mass is 9.92. The third-order valence-electron chi connectivity index (χ3n) is 4.30. The van der Waals surface area contributed by atoms with Crippen LogP contribution in [0.4, 0.5) is 0 Å². The number of hydrogen-bond acceptors (Lipinski definition) is 5. The van der Waals surface area contributed by atoms with E-state index in [0.29, 0.717) is 5.82 Å². The number of carbonyl (C=O) groups is 1. The summed E-state index contributed by atoms with van der Waals surface area (Å²) in [4.78, 5) is 13.7. The molecule has 8 heteroatoms. The summed E-state index contributed by atoms with van der Waals surface area (Å²) in [6, 6.07) is 9.57. The van der Waals surface area contributed by atoms with Crippen LogP contribution in [-0.4, -0.2) is 38.2 Å². The van der Waals surface area contributed by atoms with E-state index in [2.05, 4.69) is 20.7 Å². The minimum atomic E-state index is -0.490. The van der Waals surface area contributed by atoms with Crippen molar-refractivity contribution in [1.82, 2.24) is 25.5 Å². The van der Waals surface area contributed by atoms with E-state index in [1.54, 1.807) is 6.92 Å². The highest BCUT2D eigenvalue weighted by molar-refractivity contribution is 5.85. The van der Waals surface area contributed by atoms with Crippen LogP contribution in [0.15, 0.2) is 30.3 Å². The molecule has 3 N–H and O–H groups in total. The Morgan fingerprint density at radius 2 is 1.92 bits per heavy atom. The van der Waals surface area contributed by atoms with E-state index in [1.807, 2.05) is 30.3 Å². The number of nitrogens with zero attached hydrogens (tertiary/aromatic N) is 4. The fourth-order valence-corrected chi connectivity index (χ4v) is 2.78. The molecule has 24 heavy (non-hydrogen) atoms. The molecule has 130 valence electrons. The number of rotatable bonds is 4. The third kappa shape index (κ3) is 4.30. The van der Waals surface area contributed by atoms with Crippen molar-refractivity contribution in [3.63, 3.8) is 0 Å². The number of tetrazole rings is 1. The van der Waals surface area contributed by atoms with Crippen LogP contribution in [0.1, 0.15) is 38.6 Å². The van der Waals surface area contributed by atoms with E-state index >= 15 is 0 Å². The van der Waals surface area contributed by atoms with Crippen molar-refractivity contribution in [3.05, 3.63) is 30.3 Å². The summed E-state index contributed by atoms with van der Waals surface area (Å²) in [6.45, 7) is 1.78. The molecule has 1 saturated carbocycles. The Morgan fingerprint density at radius 3 is 2.58 bits per heavy atom. The van der Waals surface area contributed by atoms with E-state index in [0.717, 1.165) is 31.2 Å². The van der Waals surface area contributed by atoms with Gasteiger partial charge in [0.05, 0.1) is 0 Å². The van der Waals surface area contributed by atoms with Crippen molar-refractivity contribution in [1.29, 1.82) is 0 Å². The first-order chi connectivity index (χ1) is 11.1.